The van der Waals surface area contributed by atoms with Gasteiger partial charge in [-0.1, -0.05) is 20.8 Å². The van der Waals surface area contributed by atoms with Crippen molar-refractivity contribution in [3.8, 4) is 0 Å². The summed E-state index contributed by atoms with van der Waals surface area (Å²) in [6, 6.07) is 0.960. The molecule has 1 heterocycles. The highest BCUT2D eigenvalue weighted by Gasteiger charge is 2.32. The van der Waals surface area contributed by atoms with E-state index in [-0.39, 0.29) is 23.1 Å². The summed E-state index contributed by atoms with van der Waals surface area (Å²) in [5.41, 5.74) is -0.341. The molecule has 0 radical (unpaired) electrons. The van der Waals surface area contributed by atoms with Gasteiger partial charge in [0.1, 0.15) is 0 Å². The second kappa shape index (κ2) is 8.84. The Morgan fingerprint density at radius 1 is 1.08 bits per heavy atom. The first-order chi connectivity index (χ1) is 11.0. The molecule has 1 rings (SSSR count). The Kier molecular flexibility index (Phi) is 7.71. The van der Waals surface area contributed by atoms with Gasteiger partial charge in [0.15, 0.2) is 0 Å². The van der Waals surface area contributed by atoms with Crippen molar-refractivity contribution in [1.29, 1.82) is 0 Å². The minimum Gasteiger partial charge on any atom is -0.355 e. The summed E-state index contributed by atoms with van der Waals surface area (Å²) < 4.78 is 0. The van der Waals surface area contributed by atoms with Gasteiger partial charge in [-0.3, -0.25) is 14.5 Å². The first-order valence-corrected chi connectivity index (χ1v) is 9.37. The molecule has 1 aliphatic heterocycles. The van der Waals surface area contributed by atoms with Gasteiger partial charge in [0.05, 0.1) is 0 Å². The number of rotatable bonds is 6. The number of piperidine rings is 1. The Hall–Kier alpha value is -1.10. The molecule has 1 fully saturated rings. The van der Waals surface area contributed by atoms with Crippen LogP contribution in [0.15, 0.2) is 0 Å². The van der Waals surface area contributed by atoms with Gasteiger partial charge in [-0.15, -0.1) is 0 Å². The molecule has 0 aliphatic carbocycles. The number of hydrogen-bond donors (Lipinski definition) is 1. The molecule has 5 heteroatoms. The van der Waals surface area contributed by atoms with Crippen LogP contribution < -0.4 is 5.32 Å². The Bertz CT molecular complexity index is 411. The fraction of sp³-hybridized carbons (Fsp3) is 0.895. The lowest BCUT2D eigenvalue weighted by Gasteiger charge is -2.35. The summed E-state index contributed by atoms with van der Waals surface area (Å²) in [6.45, 7) is 17.5. The molecule has 1 N–H and O–H groups in total. The molecule has 0 aromatic carbocycles. The molecule has 0 bridgehead atoms. The fourth-order valence-electron chi connectivity index (χ4n) is 3.38. The van der Waals surface area contributed by atoms with Gasteiger partial charge < -0.3 is 10.2 Å². The fourth-order valence-corrected chi connectivity index (χ4v) is 3.38. The Morgan fingerprint density at radius 3 is 2.00 bits per heavy atom. The molecule has 5 nitrogen and oxygen atoms in total. The van der Waals surface area contributed by atoms with Crippen LogP contribution >= 0.6 is 0 Å². The van der Waals surface area contributed by atoms with E-state index in [1.54, 1.807) is 0 Å². The minimum atomic E-state index is -0.341. The van der Waals surface area contributed by atoms with Crippen molar-refractivity contribution in [3.05, 3.63) is 0 Å². The molecule has 0 aromatic rings. The molecule has 24 heavy (non-hydrogen) atoms. The van der Waals surface area contributed by atoms with E-state index < -0.39 is 0 Å². The lowest BCUT2D eigenvalue weighted by molar-refractivity contribution is -0.142. The molecular weight excluding hydrogens is 302 g/mol. The number of amides is 2. The summed E-state index contributed by atoms with van der Waals surface area (Å²) in [4.78, 5) is 28.9. The van der Waals surface area contributed by atoms with Crippen LogP contribution in [-0.4, -0.2) is 59.9 Å². The maximum absolute atomic E-state index is 12.4. The van der Waals surface area contributed by atoms with Crippen molar-refractivity contribution >= 4 is 11.8 Å². The van der Waals surface area contributed by atoms with Gasteiger partial charge >= 0.3 is 0 Å². The number of hydrogen-bond acceptors (Lipinski definition) is 3. The molecule has 0 atom stereocenters. The summed E-state index contributed by atoms with van der Waals surface area (Å²) in [7, 11) is 0. The molecule has 0 saturated carbocycles. The number of carbonyl (C=O) groups is 2. The predicted molar refractivity (Wildman–Crippen MR) is 98.7 cm³/mol. The molecule has 140 valence electrons. The maximum Gasteiger partial charge on any atom is 0.227 e. The Balaban J connectivity index is 2.37. The zero-order valence-electron chi connectivity index (χ0n) is 16.7. The van der Waals surface area contributed by atoms with E-state index in [2.05, 4.69) is 37.9 Å². The van der Waals surface area contributed by atoms with E-state index in [0.29, 0.717) is 31.7 Å². The van der Waals surface area contributed by atoms with Crippen LogP contribution in [0.2, 0.25) is 0 Å². The van der Waals surface area contributed by atoms with Gasteiger partial charge in [-0.25, -0.2) is 0 Å². The SMILES string of the molecule is CC(C)N(CCNC(=O)C1CCN(C(=O)C(C)(C)C)CC1)C(C)C. The van der Waals surface area contributed by atoms with Crippen LogP contribution in [0.3, 0.4) is 0 Å². The van der Waals surface area contributed by atoms with Crippen molar-refractivity contribution in [2.45, 2.75) is 73.4 Å². The van der Waals surface area contributed by atoms with Crippen molar-refractivity contribution in [3.63, 3.8) is 0 Å². The van der Waals surface area contributed by atoms with Crippen molar-refractivity contribution < 1.29 is 9.59 Å². The second-order valence-electron chi connectivity index (χ2n) is 8.53. The monoisotopic (exact) mass is 339 g/mol. The summed E-state index contributed by atoms with van der Waals surface area (Å²) in [5, 5.41) is 3.08. The third kappa shape index (κ3) is 6.08. The van der Waals surface area contributed by atoms with E-state index in [4.69, 9.17) is 0 Å². The zero-order valence-corrected chi connectivity index (χ0v) is 16.7. The van der Waals surface area contributed by atoms with Crippen molar-refractivity contribution in [1.82, 2.24) is 15.1 Å². The molecule has 0 spiro atoms. The number of likely N-dealkylation sites (tertiary alicyclic amines) is 1. The van der Waals surface area contributed by atoms with Crippen LogP contribution in [0.4, 0.5) is 0 Å². The van der Waals surface area contributed by atoms with Crippen LogP contribution in [0, 0.1) is 11.3 Å². The summed E-state index contributed by atoms with van der Waals surface area (Å²) in [6.07, 6.45) is 1.54. The largest absolute Gasteiger partial charge is 0.355 e. The van der Waals surface area contributed by atoms with E-state index in [0.717, 1.165) is 19.4 Å². The van der Waals surface area contributed by atoms with E-state index in [1.807, 2.05) is 25.7 Å². The van der Waals surface area contributed by atoms with Crippen LogP contribution in [0.5, 0.6) is 0 Å². The number of nitrogens with zero attached hydrogens (tertiary/aromatic N) is 2. The smallest absolute Gasteiger partial charge is 0.227 e. The number of carbonyl (C=O) groups excluding carboxylic acids is 2. The third-order valence-electron chi connectivity index (χ3n) is 4.79. The zero-order chi connectivity index (χ0) is 18.5. The maximum atomic E-state index is 12.4. The molecule has 1 aliphatic rings. The average molecular weight is 340 g/mol. The molecular formula is C19H37N3O2. The highest BCUT2D eigenvalue weighted by Crippen LogP contribution is 2.23. The van der Waals surface area contributed by atoms with E-state index in [1.165, 1.54) is 0 Å². The normalized spacial score (nSPS) is 17.0. The van der Waals surface area contributed by atoms with Gasteiger partial charge in [0.2, 0.25) is 11.8 Å². The highest BCUT2D eigenvalue weighted by atomic mass is 16.2. The number of nitrogens with one attached hydrogen (secondary N) is 1. The minimum absolute atomic E-state index is 0.0422. The summed E-state index contributed by atoms with van der Waals surface area (Å²) >= 11 is 0. The van der Waals surface area contributed by atoms with Gasteiger partial charge in [0.25, 0.3) is 0 Å². The van der Waals surface area contributed by atoms with Crippen molar-refractivity contribution in [2.75, 3.05) is 26.2 Å². The predicted octanol–water partition coefficient (Wildman–Crippen LogP) is 2.51. The van der Waals surface area contributed by atoms with Crippen molar-refractivity contribution in [2.24, 2.45) is 11.3 Å². The van der Waals surface area contributed by atoms with Crippen LogP contribution in [0.1, 0.15) is 61.3 Å². The Labute approximate surface area is 148 Å². The molecule has 0 unspecified atom stereocenters. The van der Waals surface area contributed by atoms with E-state index in [9.17, 15) is 9.59 Å². The molecule has 1 saturated heterocycles. The quantitative estimate of drug-likeness (QED) is 0.809. The first kappa shape index (κ1) is 20.9. The van der Waals surface area contributed by atoms with Crippen LogP contribution in [0.25, 0.3) is 0 Å². The molecule has 2 amide bonds. The third-order valence-corrected chi connectivity index (χ3v) is 4.79. The highest BCUT2D eigenvalue weighted by molar-refractivity contribution is 5.82. The van der Waals surface area contributed by atoms with Gasteiger partial charge in [0, 0.05) is 49.6 Å². The van der Waals surface area contributed by atoms with Gasteiger partial charge in [-0.2, -0.15) is 0 Å². The Morgan fingerprint density at radius 2 is 1.58 bits per heavy atom. The van der Waals surface area contributed by atoms with E-state index >= 15 is 0 Å². The van der Waals surface area contributed by atoms with Crippen LogP contribution in [-0.2, 0) is 9.59 Å². The lowest BCUT2D eigenvalue weighted by atomic mass is 9.90. The first-order valence-electron chi connectivity index (χ1n) is 9.37. The lowest BCUT2D eigenvalue weighted by Crippen LogP contribution is -2.48. The molecule has 0 aromatic heterocycles. The summed E-state index contributed by atoms with van der Waals surface area (Å²) in [5.74, 6) is 0.372. The standard InChI is InChI=1S/C19H37N3O2/c1-14(2)22(15(3)4)13-10-20-17(23)16-8-11-21(12-9-16)18(24)19(5,6)7/h14-16H,8-13H2,1-7H3,(H,20,23). The topological polar surface area (TPSA) is 52.7 Å². The average Bonchev–Trinajstić information content (AvgIpc) is 2.49. The second-order valence-corrected chi connectivity index (χ2v) is 8.53. The van der Waals surface area contributed by atoms with Gasteiger partial charge in [-0.05, 0) is 40.5 Å².